The molecule has 0 aliphatic heterocycles. The predicted molar refractivity (Wildman–Crippen MR) is 108 cm³/mol. The maximum absolute atomic E-state index is 12.7. The van der Waals surface area contributed by atoms with Crippen LogP contribution >= 0.6 is 0 Å². The second-order valence-electron chi connectivity index (χ2n) is 6.10. The predicted octanol–water partition coefficient (Wildman–Crippen LogP) is 2.42. The summed E-state index contributed by atoms with van der Waals surface area (Å²) in [5.41, 5.74) is 1.33. The molecule has 156 valence electrons. The van der Waals surface area contributed by atoms with Crippen LogP contribution in [0.2, 0.25) is 0 Å². The van der Waals surface area contributed by atoms with Crippen LogP contribution in [0.3, 0.4) is 0 Å². The molecule has 0 radical (unpaired) electrons. The van der Waals surface area contributed by atoms with Crippen LogP contribution in [0.25, 0.3) is 0 Å². The maximum Gasteiger partial charge on any atom is 0.340 e. The zero-order valence-electron chi connectivity index (χ0n) is 16.7. The summed E-state index contributed by atoms with van der Waals surface area (Å²) in [6.07, 6.45) is 1.02. The highest BCUT2D eigenvalue weighted by Crippen LogP contribution is 2.34. The van der Waals surface area contributed by atoms with Crippen molar-refractivity contribution in [2.45, 2.75) is 6.92 Å². The molecule has 29 heavy (non-hydrogen) atoms. The van der Waals surface area contributed by atoms with E-state index in [4.69, 9.17) is 14.2 Å². The molecule has 2 aromatic rings. The number of rotatable bonds is 7. The molecule has 0 fully saturated rings. The van der Waals surface area contributed by atoms with E-state index in [9.17, 15) is 18.0 Å². The van der Waals surface area contributed by atoms with Gasteiger partial charge in [0.1, 0.15) is 0 Å². The summed E-state index contributed by atoms with van der Waals surface area (Å²) in [5, 5.41) is 2.63. The van der Waals surface area contributed by atoms with Crippen molar-refractivity contribution in [3.05, 3.63) is 47.0 Å². The molecule has 10 heteroatoms. The Bertz CT molecular complexity index is 1050. The lowest BCUT2D eigenvalue weighted by atomic mass is 10.1. The number of nitrogens with one attached hydrogen (secondary N) is 2. The summed E-state index contributed by atoms with van der Waals surface area (Å²) in [4.78, 5) is 24.9. The minimum Gasteiger partial charge on any atom is -0.493 e. The minimum atomic E-state index is -3.51. The standard InChI is InChI=1S/C19H22N2O7S/c1-11-6-7-12(8-14(11)21-29(5,24)25)18(22)20-15-10-17(27-3)16(26-2)9-13(15)19(23)28-4/h6-10,21H,1-5H3,(H,20,22). The van der Waals surface area contributed by atoms with Gasteiger partial charge < -0.3 is 19.5 Å². The number of ether oxygens (including phenoxy) is 3. The van der Waals surface area contributed by atoms with Gasteiger partial charge in [0, 0.05) is 17.7 Å². The van der Waals surface area contributed by atoms with Crippen molar-refractivity contribution in [1.82, 2.24) is 0 Å². The molecule has 9 nitrogen and oxygen atoms in total. The van der Waals surface area contributed by atoms with E-state index in [2.05, 4.69) is 10.0 Å². The Morgan fingerprint density at radius 3 is 2.10 bits per heavy atom. The summed E-state index contributed by atoms with van der Waals surface area (Å²) in [5.74, 6) is -0.636. The SMILES string of the molecule is COC(=O)c1cc(OC)c(OC)cc1NC(=O)c1ccc(C)c(NS(C)(=O)=O)c1. The van der Waals surface area contributed by atoms with Crippen molar-refractivity contribution in [3.63, 3.8) is 0 Å². The van der Waals surface area contributed by atoms with E-state index in [1.807, 2.05) is 0 Å². The van der Waals surface area contributed by atoms with Crippen LogP contribution in [0.4, 0.5) is 11.4 Å². The van der Waals surface area contributed by atoms with Gasteiger partial charge in [0.2, 0.25) is 10.0 Å². The number of aryl methyl sites for hydroxylation is 1. The van der Waals surface area contributed by atoms with Gasteiger partial charge in [-0.05, 0) is 24.6 Å². The van der Waals surface area contributed by atoms with Crippen molar-refractivity contribution < 1.29 is 32.2 Å². The Kier molecular flexibility index (Phi) is 6.70. The van der Waals surface area contributed by atoms with Crippen LogP contribution in [-0.2, 0) is 14.8 Å². The number of benzene rings is 2. The van der Waals surface area contributed by atoms with Gasteiger partial charge in [-0.1, -0.05) is 6.07 Å². The molecule has 0 aromatic heterocycles. The quantitative estimate of drug-likeness (QED) is 0.658. The van der Waals surface area contributed by atoms with Crippen LogP contribution in [-0.4, -0.2) is 47.9 Å². The lowest BCUT2D eigenvalue weighted by Gasteiger charge is -2.15. The Balaban J connectivity index is 2.44. The summed E-state index contributed by atoms with van der Waals surface area (Å²) >= 11 is 0. The van der Waals surface area contributed by atoms with E-state index >= 15 is 0 Å². The molecule has 0 aliphatic carbocycles. The maximum atomic E-state index is 12.7. The minimum absolute atomic E-state index is 0.0695. The van der Waals surface area contributed by atoms with Crippen LogP contribution in [0.1, 0.15) is 26.3 Å². The van der Waals surface area contributed by atoms with Gasteiger partial charge in [-0.15, -0.1) is 0 Å². The van der Waals surface area contributed by atoms with Gasteiger partial charge in [-0.2, -0.15) is 0 Å². The summed E-state index contributed by atoms with van der Waals surface area (Å²) in [6.45, 7) is 1.71. The van der Waals surface area contributed by atoms with Gasteiger partial charge in [-0.3, -0.25) is 9.52 Å². The Morgan fingerprint density at radius 1 is 0.931 bits per heavy atom. The number of hydrogen-bond acceptors (Lipinski definition) is 7. The van der Waals surface area contributed by atoms with E-state index < -0.39 is 21.9 Å². The van der Waals surface area contributed by atoms with Gasteiger partial charge >= 0.3 is 5.97 Å². The van der Waals surface area contributed by atoms with Gasteiger partial charge in [0.25, 0.3) is 5.91 Å². The topological polar surface area (TPSA) is 120 Å². The van der Waals surface area contributed by atoms with Crippen molar-refractivity contribution in [2.75, 3.05) is 37.6 Å². The lowest BCUT2D eigenvalue weighted by Crippen LogP contribution is -2.17. The second-order valence-corrected chi connectivity index (χ2v) is 7.85. The summed E-state index contributed by atoms with van der Waals surface area (Å²) in [6, 6.07) is 7.39. The number of anilines is 2. The smallest absolute Gasteiger partial charge is 0.340 e. The van der Waals surface area contributed by atoms with Gasteiger partial charge in [-0.25, -0.2) is 13.2 Å². The highest BCUT2D eigenvalue weighted by atomic mass is 32.2. The number of carbonyl (C=O) groups is 2. The van der Waals surface area contributed by atoms with Crippen molar-refractivity contribution >= 4 is 33.3 Å². The first-order chi connectivity index (χ1) is 13.6. The number of carbonyl (C=O) groups excluding carboxylic acids is 2. The molecule has 0 saturated heterocycles. The van der Waals surface area contributed by atoms with Crippen molar-refractivity contribution in [3.8, 4) is 11.5 Å². The van der Waals surface area contributed by atoms with Crippen molar-refractivity contribution in [1.29, 1.82) is 0 Å². The molecule has 0 unspecified atom stereocenters. The molecule has 2 aromatic carbocycles. The molecule has 2 rings (SSSR count). The zero-order chi connectivity index (χ0) is 21.8. The largest absolute Gasteiger partial charge is 0.493 e. The second kappa shape index (κ2) is 8.82. The first kappa shape index (κ1) is 22.0. The number of sulfonamides is 1. The molecule has 1 amide bonds. The average Bonchev–Trinajstić information content (AvgIpc) is 2.67. The fourth-order valence-electron chi connectivity index (χ4n) is 2.53. The van der Waals surface area contributed by atoms with Gasteiger partial charge in [0.15, 0.2) is 11.5 Å². The highest BCUT2D eigenvalue weighted by molar-refractivity contribution is 7.92. The third kappa shape index (κ3) is 5.38. The molecule has 2 N–H and O–H groups in total. The Labute approximate surface area is 169 Å². The lowest BCUT2D eigenvalue weighted by molar-refractivity contribution is 0.0601. The van der Waals surface area contributed by atoms with Crippen molar-refractivity contribution in [2.24, 2.45) is 0 Å². The number of methoxy groups -OCH3 is 3. The molecule has 0 saturated carbocycles. The van der Waals surface area contributed by atoms with Crippen LogP contribution in [0.15, 0.2) is 30.3 Å². The van der Waals surface area contributed by atoms with Crippen LogP contribution in [0, 0.1) is 6.92 Å². The van der Waals surface area contributed by atoms with Crippen LogP contribution in [0.5, 0.6) is 11.5 Å². The Hall–Kier alpha value is -3.27. The molecule has 0 aliphatic rings. The monoisotopic (exact) mass is 422 g/mol. The van der Waals surface area contributed by atoms with E-state index in [0.717, 1.165) is 6.26 Å². The number of amides is 1. The molecule has 0 heterocycles. The molecule has 0 spiro atoms. The van der Waals surface area contributed by atoms with E-state index in [1.54, 1.807) is 13.0 Å². The third-order valence-electron chi connectivity index (χ3n) is 3.97. The number of hydrogen-bond donors (Lipinski definition) is 2. The first-order valence-electron chi connectivity index (χ1n) is 8.33. The average molecular weight is 422 g/mol. The van der Waals surface area contributed by atoms with E-state index in [-0.39, 0.29) is 22.5 Å². The van der Waals surface area contributed by atoms with Crippen LogP contribution < -0.4 is 19.5 Å². The highest BCUT2D eigenvalue weighted by Gasteiger charge is 2.20. The third-order valence-corrected chi connectivity index (χ3v) is 4.56. The summed E-state index contributed by atoms with van der Waals surface area (Å²) < 4.78 is 40.6. The first-order valence-corrected chi connectivity index (χ1v) is 10.2. The zero-order valence-corrected chi connectivity index (χ0v) is 17.5. The Morgan fingerprint density at radius 2 is 1.55 bits per heavy atom. The van der Waals surface area contributed by atoms with E-state index in [0.29, 0.717) is 17.1 Å². The molecule has 0 atom stereocenters. The van der Waals surface area contributed by atoms with Gasteiger partial charge in [0.05, 0.1) is 44.5 Å². The fourth-order valence-corrected chi connectivity index (χ4v) is 3.15. The normalized spacial score (nSPS) is 10.8. The number of esters is 1. The molecule has 0 bridgehead atoms. The fraction of sp³-hybridized carbons (Fsp3) is 0.263. The molecular formula is C19H22N2O7S. The summed E-state index contributed by atoms with van der Waals surface area (Å²) in [7, 11) is 0.541. The molecular weight excluding hydrogens is 400 g/mol. The van der Waals surface area contributed by atoms with E-state index in [1.165, 1.54) is 45.6 Å².